The van der Waals surface area contributed by atoms with Crippen LogP contribution in [0, 0.1) is 0 Å². The van der Waals surface area contributed by atoms with Gasteiger partial charge >= 0.3 is 0 Å². The molecule has 220 valence electrons. The van der Waals surface area contributed by atoms with Crippen molar-refractivity contribution in [1.29, 1.82) is 0 Å². The van der Waals surface area contributed by atoms with Crippen LogP contribution in [0.25, 0.3) is 5.57 Å². The lowest BCUT2D eigenvalue weighted by atomic mass is 9.88. The Labute approximate surface area is 251 Å². The maximum Gasteiger partial charge on any atom is 0.251 e. The number of hydrogen-bond donors (Lipinski definition) is 3. The van der Waals surface area contributed by atoms with Gasteiger partial charge in [0, 0.05) is 41.7 Å². The number of nitrogens with zero attached hydrogens (tertiary/aromatic N) is 4. The summed E-state index contributed by atoms with van der Waals surface area (Å²) in [5.74, 6) is 1.40. The molecule has 1 amide bonds. The molecule has 1 fully saturated rings. The molecule has 0 saturated carbocycles. The number of carbonyl (C=O) groups is 1. The van der Waals surface area contributed by atoms with Crippen LogP contribution in [-0.2, 0) is 6.42 Å². The van der Waals surface area contributed by atoms with Gasteiger partial charge in [0.25, 0.3) is 5.91 Å². The molecule has 0 spiro atoms. The van der Waals surface area contributed by atoms with Crippen molar-refractivity contribution in [3.63, 3.8) is 0 Å². The fourth-order valence-electron chi connectivity index (χ4n) is 5.34. The number of anilines is 2. The smallest absolute Gasteiger partial charge is 0.251 e. The zero-order valence-corrected chi connectivity index (χ0v) is 25.1. The zero-order chi connectivity index (χ0) is 29.8. The number of amides is 1. The fourth-order valence-corrected chi connectivity index (χ4v) is 5.60. The summed E-state index contributed by atoms with van der Waals surface area (Å²) in [6.45, 7) is 1.94. The highest BCUT2D eigenvalue weighted by atomic mass is 35.5. The number of benzene rings is 2. The Kier molecular flexibility index (Phi) is 8.94. The molecule has 10 nitrogen and oxygen atoms in total. The minimum atomic E-state index is -0.117. The number of aryl methyl sites for hydroxylation is 1. The van der Waals surface area contributed by atoms with Crippen molar-refractivity contribution >= 4 is 40.4 Å². The Morgan fingerprint density at radius 2 is 1.90 bits per heavy atom. The van der Waals surface area contributed by atoms with E-state index in [1.807, 2.05) is 12.1 Å². The molecule has 2 heterocycles. The van der Waals surface area contributed by atoms with E-state index >= 15 is 0 Å². The van der Waals surface area contributed by atoms with Gasteiger partial charge in [0.05, 0.1) is 36.3 Å². The lowest BCUT2D eigenvalue weighted by Crippen LogP contribution is -2.43. The molecule has 0 radical (unpaired) electrons. The predicted molar refractivity (Wildman–Crippen MR) is 166 cm³/mol. The van der Waals surface area contributed by atoms with E-state index in [0.717, 1.165) is 42.6 Å². The van der Waals surface area contributed by atoms with E-state index in [0.29, 0.717) is 63.7 Å². The average molecular weight is 590 g/mol. The first-order valence-corrected chi connectivity index (χ1v) is 14.3. The number of likely N-dealkylation sites (tertiary alicyclic amines) is 1. The van der Waals surface area contributed by atoms with Crippen LogP contribution in [0.1, 0.15) is 46.4 Å². The molecule has 0 atom stereocenters. The highest BCUT2D eigenvalue weighted by molar-refractivity contribution is 6.40. The number of aromatic nitrogens is 2. The van der Waals surface area contributed by atoms with Crippen LogP contribution in [0.2, 0.25) is 5.02 Å². The Hall–Kier alpha value is -4.15. The molecule has 1 aliphatic heterocycles. The SMILES string of the molecule is CN=C(C1=C(N)CCc2cnc(Nc3ccc(C(=O)NC4CCN(C)CC4)cc3OC)nc21)c1ccc(OC)cc1Cl. The minimum Gasteiger partial charge on any atom is -0.497 e. The summed E-state index contributed by atoms with van der Waals surface area (Å²) in [5.41, 5.74) is 12.2. The lowest BCUT2D eigenvalue weighted by Gasteiger charge is -2.29. The van der Waals surface area contributed by atoms with Crippen molar-refractivity contribution in [2.24, 2.45) is 10.7 Å². The Bertz CT molecular complexity index is 1550. The zero-order valence-electron chi connectivity index (χ0n) is 24.3. The summed E-state index contributed by atoms with van der Waals surface area (Å²) < 4.78 is 10.9. The molecule has 1 saturated heterocycles. The standard InChI is InChI=1S/C31H36ClN7O3/c1-34-29(22-8-7-21(41-3)16-23(22)32)27-24(33)9-5-19-17-35-31(38-28(19)27)37-25-10-6-18(15-26(25)42-4)30(40)36-20-11-13-39(2)14-12-20/h6-8,10,15-17,20H,5,9,11-14,33H2,1-4H3,(H,36,40)(H,35,37,38). The summed E-state index contributed by atoms with van der Waals surface area (Å²) in [5, 5.41) is 6.90. The maximum absolute atomic E-state index is 13.0. The Morgan fingerprint density at radius 3 is 2.60 bits per heavy atom. The van der Waals surface area contributed by atoms with Crippen molar-refractivity contribution in [3.05, 3.63) is 75.7 Å². The summed E-state index contributed by atoms with van der Waals surface area (Å²) in [6, 6.07) is 10.9. The van der Waals surface area contributed by atoms with Gasteiger partial charge in [-0.2, -0.15) is 0 Å². The van der Waals surface area contributed by atoms with Crippen LogP contribution in [0.5, 0.6) is 11.5 Å². The van der Waals surface area contributed by atoms with Crippen LogP contribution in [0.4, 0.5) is 11.6 Å². The summed E-state index contributed by atoms with van der Waals surface area (Å²) >= 11 is 6.63. The molecular weight excluding hydrogens is 554 g/mol. The Morgan fingerprint density at radius 1 is 1.12 bits per heavy atom. The van der Waals surface area contributed by atoms with E-state index < -0.39 is 0 Å². The van der Waals surface area contributed by atoms with Crippen molar-refractivity contribution in [2.75, 3.05) is 46.7 Å². The monoisotopic (exact) mass is 589 g/mol. The maximum atomic E-state index is 13.0. The van der Waals surface area contributed by atoms with Gasteiger partial charge < -0.3 is 30.7 Å². The van der Waals surface area contributed by atoms with E-state index in [-0.39, 0.29) is 11.9 Å². The second-order valence-corrected chi connectivity index (χ2v) is 10.9. The number of aliphatic imine (C=N–C) groups is 1. The van der Waals surface area contributed by atoms with E-state index in [1.165, 1.54) is 0 Å². The molecule has 11 heteroatoms. The third-order valence-electron chi connectivity index (χ3n) is 7.74. The average Bonchev–Trinajstić information content (AvgIpc) is 3.00. The molecule has 3 aromatic rings. The number of hydrogen-bond acceptors (Lipinski definition) is 9. The number of allylic oxidation sites excluding steroid dienone is 2. The van der Waals surface area contributed by atoms with Gasteiger partial charge in [0.1, 0.15) is 11.5 Å². The first-order valence-electron chi connectivity index (χ1n) is 13.9. The number of nitrogens with two attached hydrogens (primary N) is 1. The van der Waals surface area contributed by atoms with Gasteiger partial charge in [-0.25, -0.2) is 9.97 Å². The van der Waals surface area contributed by atoms with Gasteiger partial charge in [-0.05, 0) is 87.8 Å². The molecule has 5 rings (SSSR count). The Balaban J connectivity index is 1.40. The van der Waals surface area contributed by atoms with Crippen LogP contribution < -0.4 is 25.8 Å². The van der Waals surface area contributed by atoms with Crippen molar-refractivity contribution in [1.82, 2.24) is 20.2 Å². The number of halogens is 1. The molecule has 0 bridgehead atoms. The first kappa shape index (κ1) is 29.3. The van der Waals surface area contributed by atoms with E-state index in [1.54, 1.807) is 51.7 Å². The number of rotatable bonds is 8. The van der Waals surface area contributed by atoms with Crippen LogP contribution in [0.15, 0.2) is 53.3 Å². The minimum absolute atomic E-state index is 0.117. The van der Waals surface area contributed by atoms with Crippen LogP contribution in [-0.4, -0.2) is 73.9 Å². The van der Waals surface area contributed by atoms with Crippen molar-refractivity contribution in [3.8, 4) is 11.5 Å². The first-order chi connectivity index (χ1) is 20.3. The van der Waals surface area contributed by atoms with Gasteiger partial charge in [-0.3, -0.25) is 9.79 Å². The summed E-state index contributed by atoms with van der Waals surface area (Å²) in [6.07, 6.45) is 5.04. The van der Waals surface area contributed by atoms with E-state index in [9.17, 15) is 4.79 Å². The highest BCUT2D eigenvalue weighted by Crippen LogP contribution is 2.35. The van der Waals surface area contributed by atoms with Gasteiger partial charge in [-0.15, -0.1) is 0 Å². The fraction of sp³-hybridized carbons (Fsp3) is 0.355. The molecule has 2 aromatic carbocycles. The van der Waals surface area contributed by atoms with Crippen molar-refractivity contribution in [2.45, 2.75) is 31.7 Å². The number of piperidine rings is 1. The second-order valence-electron chi connectivity index (χ2n) is 10.5. The van der Waals surface area contributed by atoms with Crippen molar-refractivity contribution < 1.29 is 14.3 Å². The van der Waals surface area contributed by atoms with Crippen LogP contribution in [0.3, 0.4) is 0 Å². The molecule has 42 heavy (non-hydrogen) atoms. The van der Waals surface area contributed by atoms with Crippen LogP contribution >= 0.6 is 11.6 Å². The molecule has 1 aliphatic carbocycles. The highest BCUT2D eigenvalue weighted by Gasteiger charge is 2.26. The quantitative estimate of drug-likeness (QED) is 0.329. The number of ether oxygens (including phenoxy) is 2. The lowest BCUT2D eigenvalue weighted by molar-refractivity contribution is 0.0916. The normalized spacial score (nSPS) is 16.2. The second kappa shape index (κ2) is 12.8. The van der Waals surface area contributed by atoms with Gasteiger partial charge in [0.2, 0.25) is 5.95 Å². The molecule has 1 aromatic heterocycles. The third kappa shape index (κ3) is 6.19. The number of carbonyl (C=O) groups excluding carboxylic acids is 1. The number of methoxy groups -OCH3 is 2. The summed E-state index contributed by atoms with van der Waals surface area (Å²) in [7, 11) is 6.97. The molecule has 2 aliphatic rings. The number of fused-ring (bicyclic) bond motifs is 1. The molecule has 4 N–H and O–H groups in total. The number of nitrogens with one attached hydrogen (secondary N) is 2. The predicted octanol–water partition coefficient (Wildman–Crippen LogP) is 4.45. The molecule has 0 unspecified atom stereocenters. The largest absolute Gasteiger partial charge is 0.497 e. The topological polar surface area (TPSA) is 127 Å². The van der Waals surface area contributed by atoms with E-state index in [4.69, 9.17) is 31.8 Å². The summed E-state index contributed by atoms with van der Waals surface area (Å²) in [4.78, 5) is 29.2. The third-order valence-corrected chi connectivity index (χ3v) is 8.05. The van der Waals surface area contributed by atoms with Gasteiger partial charge in [-0.1, -0.05) is 11.6 Å². The molecular formula is C31H36ClN7O3. The van der Waals surface area contributed by atoms with Gasteiger partial charge in [0.15, 0.2) is 0 Å². The van der Waals surface area contributed by atoms with E-state index in [2.05, 4.69) is 32.6 Å².